The van der Waals surface area contributed by atoms with Gasteiger partial charge in [-0.2, -0.15) is 41.2 Å². The van der Waals surface area contributed by atoms with Gasteiger partial charge in [0, 0.05) is 25.6 Å². The Morgan fingerprint density at radius 2 is 1.71 bits per heavy atom. The number of rotatable bonds is 3. The van der Waals surface area contributed by atoms with Crippen LogP contribution in [0.25, 0.3) is 54.5 Å². The Labute approximate surface area is 267 Å². The Bertz CT molecular complexity index is 2060. The second kappa shape index (κ2) is 12.3. The van der Waals surface area contributed by atoms with E-state index < -0.39 is 11.8 Å². The number of aryl methyl sites for hydroxylation is 2. The van der Waals surface area contributed by atoms with Crippen molar-refractivity contribution in [2.75, 3.05) is 0 Å². The van der Waals surface area contributed by atoms with Crippen LogP contribution in [0.4, 0.5) is 0 Å². The van der Waals surface area contributed by atoms with E-state index in [4.69, 9.17) is 7.16 Å². The molecule has 0 aliphatic heterocycles. The third kappa shape index (κ3) is 6.39. The second-order valence-electron chi connectivity index (χ2n) is 11.1. The van der Waals surface area contributed by atoms with Gasteiger partial charge in [0.15, 0.2) is 0 Å². The van der Waals surface area contributed by atoms with Gasteiger partial charge in [-0.1, -0.05) is 53.9 Å². The molecule has 0 aliphatic rings. The SMILES string of the molecule is Cc1ccc(-c2[c-]cccc2)nc1.[2H]C([2H])(c1csc2[c-]c(-c3[c-]ccc4c3oc3nc(C)ccc34)ccc12)C(C)(C)C.[Ir+3]. The molecule has 0 unspecified atom stereocenters. The standard InChI is InChI=1S/C25H21NOS.C12H10N.Ir/c1-15-8-10-21-20-7-5-6-19(23(20)27-24(21)26-15)16-9-11-18-17(13-25(2,3)4)14-28-22(18)12-16;1-10-7-8-12(13-9-10)11-5-3-2-4-6-11;/h5,7-11,14H,13H2,1-4H3;2-5,7-9H,1H3;/q-2;-1;+3/i13D2;;. The molecule has 0 aliphatic carbocycles. The molecule has 42 heavy (non-hydrogen) atoms. The molecule has 210 valence electrons. The van der Waals surface area contributed by atoms with E-state index in [1.54, 1.807) is 0 Å². The van der Waals surface area contributed by atoms with E-state index in [2.05, 4.69) is 34.2 Å². The zero-order valence-electron chi connectivity index (χ0n) is 26.1. The predicted molar refractivity (Wildman–Crippen MR) is 171 cm³/mol. The summed E-state index contributed by atoms with van der Waals surface area (Å²) < 4.78 is 24.4. The number of aromatic nitrogens is 2. The molecule has 0 saturated carbocycles. The third-order valence-corrected chi connectivity index (χ3v) is 7.52. The fourth-order valence-corrected chi connectivity index (χ4v) is 5.60. The summed E-state index contributed by atoms with van der Waals surface area (Å²) in [5, 5.41) is 4.84. The number of nitrogens with zero attached hydrogens (tertiary/aromatic N) is 2. The molecule has 0 N–H and O–H groups in total. The number of thiophene rings is 1. The first kappa shape index (κ1) is 27.2. The molecule has 4 heterocycles. The van der Waals surface area contributed by atoms with Crippen LogP contribution in [0.2, 0.25) is 0 Å². The van der Waals surface area contributed by atoms with Gasteiger partial charge in [0.1, 0.15) is 0 Å². The number of fused-ring (bicyclic) bond motifs is 4. The predicted octanol–water partition coefficient (Wildman–Crippen LogP) is 10.2. The van der Waals surface area contributed by atoms with E-state index in [0.29, 0.717) is 5.71 Å². The van der Waals surface area contributed by atoms with Crippen LogP contribution in [0.3, 0.4) is 0 Å². The largest absolute Gasteiger partial charge is 3.00 e. The minimum Gasteiger partial charge on any atom is -0.496 e. The molecular weight excluding hydrogens is 713 g/mol. The summed E-state index contributed by atoms with van der Waals surface area (Å²) in [6.07, 6.45) is 0.436. The van der Waals surface area contributed by atoms with E-state index in [0.717, 1.165) is 60.1 Å². The molecule has 0 saturated heterocycles. The summed E-state index contributed by atoms with van der Waals surface area (Å²) in [5.41, 5.74) is 7.45. The third-order valence-electron chi connectivity index (χ3n) is 6.61. The molecule has 0 spiro atoms. The first-order valence-electron chi connectivity index (χ1n) is 14.6. The molecule has 3 aromatic carbocycles. The van der Waals surface area contributed by atoms with Crippen molar-refractivity contribution in [3.63, 3.8) is 0 Å². The molecule has 4 aromatic heterocycles. The molecule has 0 bridgehead atoms. The van der Waals surface area contributed by atoms with Gasteiger partial charge in [-0.25, -0.2) is 10.5 Å². The van der Waals surface area contributed by atoms with Gasteiger partial charge in [0.2, 0.25) is 5.71 Å². The number of furan rings is 1. The van der Waals surface area contributed by atoms with E-state index in [1.165, 1.54) is 16.9 Å². The van der Waals surface area contributed by atoms with Crippen LogP contribution in [0.15, 0.2) is 88.8 Å². The zero-order valence-corrected chi connectivity index (χ0v) is 27.3. The molecule has 5 heteroatoms. The Morgan fingerprint density at radius 1 is 0.881 bits per heavy atom. The van der Waals surface area contributed by atoms with Crippen molar-refractivity contribution in [3.8, 4) is 22.4 Å². The number of hydrogen-bond donors (Lipinski definition) is 0. The quantitative estimate of drug-likeness (QED) is 0.169. The fraction of sp³-hybridized carbons (Fsp3) is 0.189. The van der Waals surface area contributed by atoms with Crippen molar-refractivity contribution in [2.24, 2.45) is 5.41 Å². The molecule has 0 atom stereocenters. The molecule has 0 fully saturated rings. The zero-order chi connectivity index (χ0) is 30.4. The maximum atomic E-state index is 8.65. The second-order valence-corrected chi connectivity index (χ2v) is 12.0. The Balaban J connectivity index is 0.000000230. The van der Waals surface area contributed by atoms with Crippen molar-refractivity contribution in [1.82, 2.24) is 9.97 Å². The molecular formula is C37H31IrN2OS. The normalized spacial score (nSPS) is 12.4. The summed E-state index contributed by atoms with van der Waals surface area (Å²) in [5.74, 6) is 0. The van der Waals surface area contributed by atoms with Crippen LogP contribution in [0.1, 0.15) is 40.3 Å². The van der Waals surface area contributed by atoms with Crippen LogP contribution >= 0.6 is 11.3 Å². The number of benzene rings is 3. The van der Waals surface area contributed by atoms with Gasteiger partial charge in [-0.05, 0) is 54.4 Å². The summed E-state index contributed by atoms with van der Waals surface area (Å²) in [6, 6.07) is 33.8. The van der Waals surface area contributed by atoms with Gasteiger partial charge in [0.05, 0.1) is 0 Å². The van der Waals surface area contributed by atoms with E-state index in [9.17, 15) is 0 Å². The smallest absolute Gasteiger partial charge is 0.496 e. The number of hydrogen-bond acceptors (Lipinski definition) is 4. The topological polar surface area (TPSA) is 38.9 Å². The van der Waals surface area contributed by atoms with Crippen LogP contribution in [-0.4, -0.2) is 9.97 Å². The minimum absolute atomic E-state index is 0. The summed E-state index contributed by atoms with van der Waals surface area (Å²) >= 11 is 1.53. The maximum absolute atomic E-state index is 8.65. The Hall–Kier alpha value is -3.63. The van der Waals surface area contributed by atoms with Crippen molar-refractivity contribution >= 4 is 43.5 Å². The van der Waals surface area contributed by atoms with Crippen LogP contribution in [0.5, 0.6) is 0 Å². The molecule has 0 amide bonds. The van der Waals surface area contributed by atoms with E-state index in [1.807, 2.05) is 113 Å². The van der Waals surface area contributed by atoms with Gasteiger partial charge in [-0.3, -0.25) is 0 Å². The molecule has 3 nitrogen and oxygen atoms in total. The van der Waals surface area contributed by atoms with Crippen LogP contribution in [-0.2, 0) is 26.5 Å². The van der Waals surface area contributed by atoms with Gasteiger partial charge >= 0.3 is 20.1 Å². The first-order valence-corrected chi connectivity index (χ1v) is 14.5. The molecule has 0 radical (unpaired) electrons. The molecule has 7 aromatic rings. The maximum Gasteiger partial charge on any atom is 3.00 e. The van der Waals surface area contributed by atoms with E-state index >= 15 is 0 Å². The van der Waals surface area contributed by atoms with Gasteiger partial charge in [-0.15, -0.1) is 48.0 Å². The summed E-state index contributed by atoms with van der Waals surface area (Å²) in [4.78, 5) is 8.84. The van der Waals surface area contributed by atoms with Crippen LogP contribution < -0.4 is 0 Å². The van der Waals surface area contributed by atoms with Crippen molar-refractivity contribution in [1.29, 1.82) is 0 Å². The van der Waals surface area contributed by atoms with Crippen LogP contribution in [0, 0.1) is 37.5 Å². The average molecular weight is 746 g/mol. The Kier molecular flexibility index (Phi) is 7.98. The van der Waals surface area contributed by atoms with Gasteiger partial charge < -0.3 is 9.40 Å². The monoisotopic (exact) mass is 746 g/mol. The van der Waals surface area contributed by atoms with Crippen molar-refractivity contribution in [3.05, 3.63) is 119 Å². The average Bonchev–Trinajstić information content (AvgIpc) is 3.59. The molecule has 7 rings (SSSR count). The van der Waals surface area contributed by atoms with E-state index in [-0.39, 0.29) is 20.1 Å². The van der Waals surface area contributed by atoms with Crippen molar-refractivity contribution in [2.45, 2.75) is 41.0 Å². The Morgan fingerprint density at radius 3 is 2.45 bits per heavy atom. The van der Waals surface area contributed by atoms with Gasteiger partial charge in [0.25, 0.3) is 0 Å². The summed E-state index contributed by atoms with van der Waals surface area (Å²) in [7, 11) is 0. The van der Waals surface area contributed by atoms with Crippen molar-refractivity contribution < 1.29 is 27.3 Å². The first-order chi connectivity index (χ1) is 20.5. The number of pyridine rings is 2. The minimum atomic E-state index is -1.44. The fourth-order valence-electron chi connectivity index (χ4n) is 4.70. The summed E-state index contributed by atoms with van der Waals surface area (Å²) in [6.45, 7) is 9.78.